The quantitative estimate of drug-likeness (QED) is 0.589. The molecule has 1 rings (SSSR count). The maximum Gasteiger partial charge on any atom is 0.0549 e. The summed E-state index contributed by atoms with van der Waals surface area (Å²) in [5.74, 6) is 0. The van der Waals surface area contributed by atoms with Crippen LogP contribution in [0.2, 0.25) is 0 Å². The van der Waals surface area contributed by atoms with E-state index in [1.165, 1.54) is 0 Å². The van der Waals surface area contributed by atoms with Crippen molar-refractivity contribution in [1.82, 2.24) is 0 Å². The predicted octanol–water partition coefficient (Wildman–Crippen LogP) is 0.922. The topological polar surface area (TPSA) is 43.3 Å². The van der Waals surface area contributed by atoms with Gasteiger partial charge >= 0.3 is 0 Å². The van der Waals surface area contributed by atoms with Crippen molar-refractivity contribution in [3.63, 3.8) is 0 Å². The second kappa shape index (κ2) is 2.71. The van der Waals surface area contributed by atoms with Gasteiger partial charge in [0.05, 0.1) is 6.10 Å². The van der Waals surface area contributed by atoms with Crippen LogP contribution in [0.25, 0.3) is 0 Å². The van der Waals surface area contributed by atoms with Gasteiger partial charge in [0.15, 0.2) is 0 Å². The molecule has 12 heavy (non-hydrogen) atoms. The molecule has 0 amide bonds. The molecule has 0 aromatic rings. The molecule has 2 heteroatoms. The maximum absolute atomic E-state index is 11.9. The Morgan fingerprint density at radius 1 is 1.08 bits per heavy atom. The van der Waals surface area contributed by atoms with Crippen LogP contribution in [0.15, 0.2) is 0 Å². The third kappa shape index (κ3) is 1.64. The molecule has 0 aromatic heterocycles. The Morgan fingerprint density at radius 2 is 1.42 bits per heavy atom. The molecule has 0 unspecified atom stereocenters. The van der Waals surface area contributed by atoms with Crippen LogP contribution in [-0.2, 0) is 0 Å². The molecule has 1 aliphatic carbocycles. The van der Waals surface area contributed by atoms with Crippen LogP contribution in [0, 0.1) is 10.8 Å². The van der Waals surface area contributed by atoms with Crippen LogP contribution in [0.4, 0.5) is 0 Å². The van der Waals surface area contributed by atoms with E-state index in [-0.39, 0.29) is 16.9 Å². The zero-order valence-electron chi connectivity index (χ0n) is 8.42. The Balaban J connectivity index is 2.84. The fourth-order valence-electron chi connectivity index (χ4n) is 2.56. The molecule has 0 radical (unpaired) electrons. The lowest BCUT2D eigenvalue weighted by molar-refractivity contribution is -0.479. The average Bonchev–Trinajstić information content (AvgIpc) is 1.80. The smallest absolute Gasteiger partial charge is 0.0549 e. The van der Waals surface area contributed by atoms with E-state index in [1.54, 1.807) is 0 Å². The van der Waals surface area contributed by atoms with Crippen LogP contribution >= 0.6 is 0 Å². The van der Waals surface area contributed by atoms with Gasteiger partial charge in [-0.2, -0.15) is 0 Å². The second-order valence-electron chi connectivity index (χ2n) is 5.42. The summed E-state index contributed by atoms with van der Waals surface area (Å²) in [6, 6.07) is 0. The minimum absolute atomic E-state index is 0.263. The Morgan fingerprint density at radius 3 is 1.75 bits per heavy atom. The van der Waals surface area contributed by atoms with Crippen molar-refractivity contribution >= 4 is 0 Å². The summed E-state index contributed by atoms with van der Waals surface area (Å²) in [5, 5.41) is 21.4. The normalized spacial score (nSPS) is 39.5. The number of aliphatic hydroxyl groups is 1. The van der Waals surface area contributed by atoms with Gasteiger partial charge in [0.1, 0.15) is 0 Å². The molecule has 1 N–H and O–H groups in total. The van der Waals surface area contributed by atoms with Crippen molar-refractivity contribution in [3.8, 4) is 0 Å². The molecule has 1 fully saturated rings. The summed E-state index contributed by atoms with van der Waals surface area (Å²) in [7, 11) is 0. The van der Waals surface area contributed by atoms with Crippen molar-refractivity contribution < 1.29 is 10.2 Å². The average molecular weight is 171 g/mol. The van der Waals surface area contributed by atoms with Gasteiger partial charge in [-0.3, -0.25) is 0 Å². The van der Waals surface area contributed by atoms with Gasteiger partial charge in [-0.25, -0.2) is 0 Å². The van der Waals surface area contributed by atoms with Gasteiger partial charge in [-0.1, -0.05) is 27.7 Å². The lowest BCUT2D eigenvalue weighted by atomic mass is 9.62. The zero-order valence-corrected chi connectivity index (χ0v) is 8.42. The number of aliphatic hydroxyl groups excluding tert-OH is 1. The molecule has 1 aliphatic rings. The first kappa shape index (κ1) is 10.0. The second-order valence-corrected chi connectivity index (χ2v) is 5.42. The van der Waals surface area contributed by atoms with Crippen LogP contribution in [0.1, 0.15) is 40.5 Å². The monoisotopic (exact) mass is 171 g/mol. The van der Waals surface area contributed by atoms with E-state index in [4.69, 9.17) is 0 Å². The fraction of sp³-hybridized carbons (Fsp3) is 1.00. The van der Waals surface area contributed by atoms with E-state index in [0.29, 0.717) is 12.8 Å². The van der Waals surface area contributed by atoms with E-state index in [9.17, 15) is 10.2 Å². The van der Waals surface area contributed by atoms with E-state index in [2.05, 4.69) is 0 Å². The summed E-state index contributed by atoms with van der Waals surface area (Å²) in [4.78, 5) is 0. The Hall–Kier alpha value is -0.0800. The molecule has 2 nitrogen and oxygen atoms in total. The summed E-state index contributed by atoms with van der Waals surface area (Å²) in [6.45, 7) is 7.81. The van der Waals surface area contributed by atoms with E-state index in [1.807, 2.05) is 27.7 Å². The van der Waals surface area contributed by atoms with Gasteiger partial charge in [-0.15, -0.1) is 6.10 Å². The molecular weight excluding hydrogens is 152 g/mol. The summed E-state index contributed by atoms with van der Waals surface area (Å²) in [5.41, 5.74) is -0.525. The summed E-state index contributed by atoms with van der Waals surface area (Å²) >= 11 is 0. The zero-order chi connectivity index (χ0) is 9.57. The van der Waals surface area contributed by atoms with Crippen LogP contribution < -0.4 is 5.11 Å². The van der Waals surface area contributed by atoms with Gasteiger partial charge in [0.25, 0.3) is 0 Å². The van der Waals surface area contributed by atoms with Crippen molar-refractivity contribution in [1.29, 1.82) is 0 Å². The third-order valence-electron chi connectivity index (χ3n) is 2.94. The van der Waals surface area contributed by atoms with Crippen LogP contribution in [-0.4, -0.2) is 17.3 Å². The summed E-state index contributed by atoms with van der Waals surface area (Å²) < 4.78 is 0. The Bertz CT molecular complexity index is 155. The van der Waals surface area contributed by atoms with Crippen LogP contribution in [0.5, 0.6) is 0 Å². The van der Waals surface area contributed by atoms with Crippen molar-refractivity contribution in [3.05, 3.63) is 0 Å². The molecular formula is C10H19O2-. The van der Waals surface area contributed by atoms with E-state index >= 15 is 0 Å². The van der Waals surface area contributed by atoms with E-state index < -0.39 is 6.10 Å². The van der Waals surface area contributed by atoms with Gasteiger partial charge in [-0.05, 0) is 23.7 Å². The number of rotatable bonds is 0. The molecule has 72 valence electrons. The molecule has 0 spiro atoms. The van der Waals surface area contributed by atoms with Gasteiger partial charge < -0.3 is 10.2 Å². The highest BCUT2D eigenvalue weighted by Gasteiger charge is 2.40. The van der Waals surface area contributed by atoms with Crippen molar-refractivity contribution in [2.24, 2.45) is 10.8 Å². The minimum Gasteiger partial charge on any atom is -0.851 e. The Labute approximate surface area is 74.6 Å². The first-order chi connectivity index (χ1) is 5.26. The molecule has 1 saturated carbocycles. The first-order valence-electron chi connectivity index (χ1n) is 4.59. The molecule has 0 aromatic carbocycles. The van der Waals surface area contributed by atoms with Crippen molar-refractivity contribution in [2.45, 2.75) is 52.7 Å². The Kier molecular flexibility index (Phi) is 2.26. The number of hydrogen-bond donors (Lipinski definition) is 1. The third-order valence-corrected chi connectivity index (χ3v) is 2.94. The molecule has 0 bridgehead atoms. The molecule has 0 heterocycles. The maximum atomic E-state index is 11.9. The lowest BCUT2D eigenvalue weighted by Gasteiger charge is -2.55. The SMILES string of the molecule is CC1(C)CC(O)CC(C)(C)C1[O-]. The van der Waals surface area contributed by atoms with Crippen molar-refractivity contribution in [2.75, 3.05) is 0 Å². The molecule has 0 saturated heterocycles. The first-order valence-corrected chi connectivity index (χ1v) is 4.59. The van der Waals surface area contributed by atoms with E-state index in [0.717, 1.165) is 0 Å². The van der Waals surface area contributed by atoms with Crippen LogP contribution in [0.3, 0.4) is 0 Å². The number of hydrogen-bond acceptors (Lipinski definition) is 2. The minimum atomic E-state index is -0.562. The highest BCUT2D eigenvalue weighted by atomic mass is 16.3. The molecule has 0 aliphatic heterocycles. The largest absolute Gasteiger partial charge is 0.851 e. The highest BCUT2D eigenvalue weighted by molar-refractivity contribution is 4.95. The predicted molar refractivity (Wildman–Crippen MR) is 46.6 cm³/mol. The van der Waals surface area contributed by atoms with Gasteiger partial charge in [0, 0.05) is 0 Å². The standard InChI is InChI=1S/C10H19O2/c1-9(2)5-7(11)6-10(3,4)8(9)12/h7-8,11H,5-6H2,1-4H3/q-1. The fourth-order valence-corrected chi connectivity index (χ4v) is 2.56. The highest BCUT2D eigenvalue weighted by Crippen LogP contribution is 2.44. The molecule has 0 atom stereocenters. The summed E-state index contributed by atoms with van der Waals surface area (Å²) in [6.07, 6.45) is 0.434. The van der Waals surface area contributed by atoms with Gasteiger partial charge in [0.2, 0.25) is 0 Å². The lowest BCUT2D eigenvalue weighted by Crippen LogP contribution is -2.56.